The van der Waals surface area contributed by atoms with Gasteiger partial charge in [-0.15, -0.1) is 11.8 Å². The molecule has 0 aliphatic rings. The lowest BCUT2D eigenvalue weighted by molar-refractivity contribution is -0.136. The molecule has 0 aliphatic carbocycles. The first-order valence-corrected chi connectivity index (χ1v) is 6.73. The van der Waals surface area contributed by atoms with E-state index in [4.69, 9.17) is 16.7 Å². The highest BCUT2D eigenvalue weighted by atomic mass is 35.5. The third kappa shape index (κ3) is 4.58. The SMILES string of the molecule is Cc1cc(Cl)ccc1NC(=O)CSC(C)C(=O)O. The number of anilines is 1. The number of nitrogens with one attached hydrogen (secondary N) is 1. The van der Waals surface area contributed by atoms with Crippen molar-refractivity contribution in [3.63, 3.8) is 0 Å². The van der Waals surface area contributed by atoms with Gasteiger partial charge in [-0.2, -0.15) is 0 Å². The standard InChI is InChI=1S/C12H14ClNO3S/c1-7-5-9(13)3-4-10(7)14-11(15)6-18-8(2)12(16)17/h3-5,8H,6H2,1-2H3,(H,14,15)(H,16,17). The maximum Gasteiger partial charge on any atom is 0.316 e. The fraction of sp³-hybridized carbons (Fsp3) is 0.333. The molecule has 1 atom stereocenters. The molecule has 0 heterocycles. The van der Waals surface area contributed by atoms with E-state index in [1.54, 1.807) is 25.1 Å². The second-order valence-corrected chi connectivity index (χ2v) is 5.56. The number of aliphatic carboxylic acids is 1. The number of aryl methyl sites for hydroxylation is 1. The first-order valence-electron chi connectivity index (χ1n) is 5.30. The number of carboxylic acid groups (broad SMARTS) is 1. The largest absolute Gasteiger partial charge is 0.480 e. The third-order valence-corrected chi connectivity index (χ3v) is 3.64. The van der Waals surface area contributed by atoms with Crippen LogP contribution in [0, 0.1) is 6.92 Å². The number of thioether (sulfide) groups is 1. The molecule has 0 saturated carbocycles. The van der Waals surface area contributed by atoms with Crippen LogP contribution in [-0.2, 0) is 9.59 Å². The van der Waals surface area contributed by atoms with Crippen molar-refractivity contribution in [1.29, 1.82) is 0 Å². The molecule has 1 amide bonds. The Hall–Kier alpha value is -1.20. The molecule has 1 rings (SSSR count). The Labute approximate surface area is 115 Å². The molecule has 98 valence electrons. The average molecular weight is 288 g/mol. The maximum absolute atomic E-state index is 11.6. The van der Waals surface area contributed by atoms with E-state index in [-0.39, 0.29) is 11.7 Å². The number of benzene rings is 1. The average Bonchev–Trinajstić information content (AvgIpc) is 2.29. The summed E-state index contributed by atoms with van der Waals surface area (Å²) in [6, 6.07) is 5.17. The number of amides is 1. The van der Waals surface area contributed by atoms with Crippen LogP contribution in [0.25, 0.3) is 0 Å². The lowest BCUT2D eigenvalue weighted by Crippen LogP contribution is -2.19. The van der Waals surface area contributed by atoms with Gasteiger partial charge in [0, 0.05) is 10.7 Å². The van der Waals surface area contributed by atoms with E-state index in [9.17, 15) is 9.59 Å². The molecule has 0 radical (unpaired) electrons. The molecular formula is C12H14ClNO3S. The summed E-state index contributed by atoms with van der Waals surface area (Å²) >= 11 is 6.89. The van der Waals surface area contributed by atoms with Crippen molar-refractivity contribution in [2.24, 2.45) is 0 Å². The Morgan fingerprint density at radius 2 is 2.17 bits per heavy atom. The Morgan fingerprint density at radius 1 is 1.50 bits per heavy atom. The summed E-state index contributed by atoms with van der Waals surface area (Å²) in [6.45, 7) is 3.39. The third-order valence-electron chi connectivity index (χ3n) is 2.27. The Morgan fingerprint density at radius 3 is 2.72 bits per heavy atom. The minimum atomic E-state index is -0.921. The quantitative estimate of drug-likeness (QED) is 0.874. The van der Waals surface area contributed by atoms with E-state index >= 15 is 0 Å². The fourth-order valence-corrected chi connectivity index (χ4v) is 2.07. The first-order chi connectivity index (χ1) is 8.40. The van der Waals surface area contributed by atoms with E-state index in [1.807, 2.05) is 6.92 Å². The van der Waals surface area contributed by atoms with Crippen molar-refractivity contribution in [2.75, 3.05) is 11.1 Å². The molecule has 6 heteroatoms. The minimum Gasteiger partial charge on any atom is -0.480 e. The van der Waals surface area contributed by atoms with Crippen LogP contribution in [0.5, 0.6) is 0 Å². The van der Waals surface area contributed by atoms with Crippen molar-refractivity contribution >= 4 is 40.9 Å². The molecule has 0 aromatic heterocycles. The van der Waals surface area contributed by atoms with Crippen LogP contribution >= 0.6 is 23.4 Å². The number of carbonyl (C=O) groups excluding carboxylic acids is 1. The molecule has 2 N–H and O–H groups in total. The number of carboxylic acids is 1. The van der Waals surface area contributed by atoms with Crippen LogP contribution in [0.4, 0.5) is 5.69 Å². The molecule has 0 bridgehead atoms. The molecule has 18 heavy (non-hydrogen) atoms. The van der Waals surface area contributed by atoms with Crippen molar-refractivity contribution in [1.82, 2.24) is 0 Å². The van der Waals surface area contributed by atoms with Crippen molar-refractivity contribution in [3.05, 3.63) is 28.8 Å². The van der Waals surface area contributed by atoms with Crippen LogP contribution in [-0.4, -0.2) is 28.0 Å². The van der Waals surface area contributed by atoms with E-state index in [0.29, 0.717) is 10.7 Å². The molecule has 1 aromatic carbocycles. The fourth-order valence-electron chi connectivity index (χ4n) is 1.23. The zero-order chi connectivity index (χ0) is 13.7. The summed E-state index contributed by atoms with van der Waals surface area (Å²) in [5.41, 5.74) is 1.56. The lowest BCUT2D eigenvalue weighted by Gasteiger charge is -2.09. The van der Waals surface area contributed by atoms with Crippen LogP contribution in [0.15, 0.2) is 18.2 Å². The van der Waals surface area contributed by atoms with Gasteiger partial charge in [-0.3, -0.25) is 9.59 Å². The maximum atomic E-state index is 11.6. The normalized spacial score (nSPS) is 11.9. The summed E-state index contributed by atoms with van der Waals surface area (Å²) in [5.74, 6) is -1.04. The predicted molar refractivity (Wildman–Crippen MR) is 74.4 cm³/mol. The Bertz CT molecular complexity index is 465. The van der Waals surface area contributed by atoms with Crippen molar-refractivity contribution in [2.45, 2.75) is 19.1 Å². The number of hydrogen-bond acceptors (Lipinski definition) is 3. The van der Waals surface area contributed by atoms with Crippen LogP contribution in [0.2, 0.25) is 5.02 Å². The zero-order valence-electron chi connectivity index (χ0n) is 10.1. The highest BCUT2D eigenvalue weighted by molar-refractivity contribution is 8.01. The number of carbonyl (C=O) groups is 2. The number of rotatable bonds is 5. The number of hydrogen-bond donors (Lipinski definition) is 2. The predicted octanol–water partition coefficient (Wildman–Crippen LogP) is 2.79. The molecule has 0 spiro atoms. The van der Waals surface area contributed by atoms with Gasteiger partial charge in [-0.05, 0) is 37.6 Å². The molecule has 1 aromatic rings. The molecule has 0 saturated heterocycles. The van der Waals surface area contributed by atoms with Gasteiger partial charge in [0.25, 0.3) is 0 Å². The van der Waals surface area contributed by atoms with E-state index in [1.165, 1.54) is 0 Å². The highest BCUT2D eigenvalue weighted by Crippen LogP contribution is 2.20. The second kappa shape index (κ2) is 6.66. The summed E-state index contributed by atoms with van der Waals surface area (Å²) in [6.07, 6.45) is 0. The van der Waals surface area contributed by atoms with E-state index in [2.05, 4.69) is 5.32 Å². The molecule has 0 fully saturated rings. The van der Waals surface area contributed by atoms with E-state index < -0.39 is 11.2 Å². The van der Waals surface area contributed by atoms with Gasteiger partial charge in [0.2, 0.25) is 5.91 Å². The van der Waals surface area contributed by atoms with Gasteiger partial charge >= 0.3 is 5.97 Å². The van der Waals surface area contributed by atoms with Gasteiger partial charge in [0.05, 0.1) is 11.0 Å². The Balaban J connectivity index is 2.52. The molecular weight excluding hydrogens is 274 g/mol. The van der Waals surface area contributed by atoms with Gasteiger partial charge in [0.15, 0.2) is 0 Å². The van der Waals surface area contributed by atoms with Gasteiger partial charge in [-0.1, -0.05) is 11.6 Å². The van der Waals surface area contributed by atoms with Gasteiger partial charge in [-0.25, -0.2) is 0 Å². The van der Waals surface area contributed by atoms with Gasteiger partial charge in [0.1, 0.15) is 0 Å². The Kier molecular flexibility index (Phi) is 5.50. The first kappa shape index (κ1) is 14.9. The highest BCUT2D eigenvalue weighted by Gasteiger charge is 2.13. The number of halogens is 1. The second-order valence-electron chi connectivity index (χ2n) is 3.80. The van der Waals surface area contributed by atoms with Crippen LogP contribution in [0.1, 0.15) is 12.5 Å². The topological polar surface area (TPSA) is 66.4 Å². The van der Waals surface area contributed by atoms with Crippen LogP contribution in [0.3, 0.4) is 0 Å². The van der Waals surface area contributed by atoms with Crippen molar-refractivity contribution < 1.29 is 14.7 Å². The van der Waals surface area contributed by atoms with E-state index in [0.717, 1.165) is 17.3 Å². The monoisotopic (exact) mass is 287 g/mol. The molecule has 4 nitrogen and oxygen atoms in total. The van der Waals surface area contributed by atoms with Crippen molar-refractivity contribution in [3.8, 4) is 0 Å². The summed E-state index contributed by atoms with van der Waals surface area (Å²) in [5, 5.41) is 11.4. The van der Waals surface area contributed by atoms with Gasteiger partial charge < -0.3 is 10.4 Å². The summed E-state index contributed by atoms with van der Waals surface area (Å²) < 4.78 is 0. The summed E-state index contributed by atoms with van der Waals surface area (Å²) in [7, 11) is 0. The summed E-state index contributed by atoms with van der Waals surface area (Å²) in [4.78, 5) is 22.2. The lowest BCUT2D eigenvalue weighted by atomic mass is 10.2. The van der Waals surface area contributed by atoms with Crippen LogP contribution < -0.4 is 5.32 Å². The molecule has 1 unspecified atom stereocenters. The zero-order valence-corrected chi connectivity index (χ0v) is 11.6. The minimum absolute atomic E-state index is 0.107. The molecule has 0 aliphatic heterocycles. The smallest absolute Gasteiger partial charge is 0.316 e.